The molecule has 0 spiro atoms. The summed E-state index contributed by atoms with van der Waals surface area (Å²) >= 11 is 1.44. The SMILES string of the molecule is COc1ccc(NC(=O)[C@@H]2CC(=O)NC(Nc3nc4ccccc4s3)=N2)cc1. The monoisotopic (exact) mass is 395 g/mol. The molecule has 8 nitrogen and oxygen atoms in total. The van der Waals surface area contributed by atoms with Gasteiger partial charge in [0.15, 0.2) is 5.13 Å². The van der Waals surface area contributed by atoms with Crippen molar-refractivity contribution in [3.05, 3.63) is 48.5 Å². The van der Waals surface area contributed by atoms with Crippen LogP contribution in [0, 0.1) is 0 Å². The number of nitrogens with zero attached hydrogens (tertiary/aromatic N) is 2. The van der Waals surface area contributed by atoms with E-state index in [1.807, 2.05) is 24.3 Å². The molecule has 2 aromatic carbocycles. The Kier molecular flexibility index (Phi) is 4.90. The number of para-hydroxylation sites is 1. The normalized spacial score (nSPS) is 16.2. The van der Waals surface area contributed by atoms with Gasteiger partial charge in [0.2, 0.25) is 17.8 Å². The second-order valence-corrected chi connectivity index (χ2v) is 7.11. The molecular weight excluding hydrogens is 378 g/mol. The lowest BCUT2D eigenvalue weighted by Crippen LogP contribution is -2.45. The Labute approximate surface area is 164 Å². The van der Waals surface area contributed by atoms with Gasteiger partial charge in [0, 0.05) is 5.69 Å². The van der Waals surface area contributed by atoms with Gasteiger partial charge in [-0.05, 0) is 36.4 Å². The Balaban J connectivity index is 1.48. The molecule has 0 saturated heterocycles. The van der Waals surface area contributed by atoms with Crippen molar-refractivity contribution in [1.82, 2.24) is 10.3 Å². The molecule has 1 atom stereocenters. The summed E-state index contributed by atoms with van der Waals surface area (Å²) in [7, 11) is 1.57. The van der Waals surface area contributed by atoms with Crippen molar-refractivity contribution >= 4 is 50.1 Å². The number of hydrogen-bond acceptors (Lipinski definition) is 7. The average molecular weight is 395 g/mol. The summed E-state index contributed by atoms with van der Waals surface area (Å²) in [6, 6.07) is 13.8. The molecule has 3 N–H and O–H groups in total. The van der Waals surface area contributed by atoms with Gasteiger partial charge in [-0.15, -0.1) is 0 Å². The smallest absolute Gasteiger partial charge is 0.249 e. The van der Waals surface area contributed by atoms with Gasteiger partial charge >= 0.3 is 0 Å². The van der Waals surface area contributed by atoms with Crippen LogP contribution in [0.15, 0.2) is 53.5 Å². The molecule has 1 aliphatic rings. The topological polar surface area (TPSA) is 105 Å². The standard InChI is InChI=1S/C19H17N5O3S/c1-27-12-8-6-11(7-9-12)20-17(26)14-10-16(25)23-18(21-14)24-19-22-13-4-2-3-5-15(13)28-19/h2-9,14H,10H2,1H3,(H,20,26)(H2,21,22,23,24,25)/t14-/m0/s1. The van der Waals surface area contributed by atoms with E-state index in [1.54, 1.807) is 31.4 Å². The molecule has 3 aromatic rings. The van der Waals surface area contributed by atoms with Gasteiger partial charge in [0.25, 0.3) is 0 Å². The van der Waals surface area contributed by atoms with Crippen LogP contribution in [0.3, 0.4) is 0 Å². The van der Waals surface area contributed by atoms with Gasteiger partial charge in [-0.1, -0.05) is 23.5 Å². The van der Waals surface area contributed by atoms with Crippen molar-refractivity contribution in [3.8, 4) is 5.75 Å². The Morgan fingerprint density at radius 1 is 1.21 bits per heavy atom. The minimum absolute atomic E-state index is 0.0208. The van der Waals surface area contributed by atoms with Crippen LogP contribution in [0.2, 0.25) is 0 Å². The summed E-state index contributed by atoms with van der Waals surface area (Å²) < 4.78 is 6.11. The van der Waals surface area contributed by atoms with E-state index in [9.17, 15) is 9.59 Å². The summed E-state index contributed by atoms with van der Waals surface area (Å²) in [5, 5.41) is 9.00. The van der Waals surface area contributed by atoms with Crippen molar-refractivity contribution in [2.24, 2.45) is 4.99 Å². The quantitative estimate of drug-likeness (QED) is 0.630. The molecule has 2 heterocycles. The number of methoxy groups -OCH3 is 1. The number of fused-ring (bicyclic) bond motifs is 1. The van der Waals surface area contributed by atoms with Crippen molar-refractivity contribution in [3.63, 3.8) is 0 Å². The highest BCUT2D eigenvalue weighted by molar-refractivity contribution is 7.22. The fourth-order valence-corrected chi connectivity index (χ4v) is 3.60. The summed E-state index contributed by atoms with van der Waals surface area (Å²) in [5.41, 5.74) is 1.46. The Morgan fingerprint density at radius 2 is 2.00 bits per heavy atom. The van der Waals surface area contributed by atoms with Crippen molar-refractivity contribution in [2.75, 3.05) is 17.7 Å². The molecule has 2 amide bonds. The summed E-state index contributed by atoms with van der Waals surface area (Å²) in [4.78, 5) is 33.4. The Morgan fingerprint density at radius 3 is 2.75 bits per heavy atom. The summed E-state index contributed by atoms with van der Waals surface area (Å²) in [5.74, 6) is 0.262. The van der Waals surface area contributed by atoms with Crippen LogP contribution in [-0.2, 0) is 9.59 Å². The fourth-order valence-electron chi connectivity index (χ4n) is 2.73. The Hall–Kier alpha value is -3.46. The van der Waals surface area contributed by atoms with Crippen molar-refractivity contribution < 1.29 is 14.3 Å². The zero-order valence-corrected chi connectivity index (χ0v) is 15.7. The molecule has 0 radical (unpaired) electrons. The second kappa shape index (κ2) is 7.65. The fraction of sp³-hybridized carbons (Fsp3) is 0.158. The minimum Gasteiger partial charge on any atom is -0.497 e. The molecule has 142 valence electrons. The van der Waals surface area contributed by atoms with E-state index in [0.29, 0.717) is 16.6 Å². The number of ether oxygens (including phenoxy) is 1. The number of aromatic nitrogens is 1. The maximum atomic E-state index is 12.5. The first-order chi connectivity index (χ1) is 13.6. The maximum Gasteiger partial charge on any atom is 0.249 e. The number of guanidine groups is 1. The predicted octanol–water partition coefficient (Wildman–Crippen LogP) is 2.60. The van der Waals surface area contributed by atoms with E-state index in [-0.39, 0.29) is 24.2 Å². The van der Waals surface area contributed by atoms with E-state index < -0.39 is 6.04 Å². The minimum atomic E-state index is -0.826. The number of thiazole rings is 1. The summed E-state index contributed by atoms with van der Waals surface area (Å²) in [6.07, 6.45) is -0.0208. The van der Waals surface area contributed by atoms with Crippen molar-refractivity contribution in [2.45, 2.75) is 12.5 Å². The predicted molar refractivity (Wildman–Crippen MR) is 109 cm³/mol. The highest BCUT2D eigenvalue weighted by atomic mass is 32.1. The third kappa shape index (κ3) is 3.94. The number of aliphatic imine (C=N–C) groups is 1. The van der Waals surface area contributed by atoms with Gasteiger partial charge in [0.05, 0.1) is 23.7 Å². The molecule has 0 saturated carbocycles. The molecular formula is C19H17N5O3S. The molecule has 0 bridgehead atoms. The molecule has 0 unspecified atom stereocenters. The lowest BCUT2D eigenvalue weighted by Gasteiger charge is -2.20. The molecule has 1 aromatic heterocycles. The lowest BCUT2D eigenvalue weighted by atomic mass is 10.1. The van der Waals surface area contributed by atoms with E-state index >= 15 is 0 Å². The van der Waals surface area contributed by atoms with Crippen LogP contribution in [0.5, 0.6) is 5.75 Å². The van der Waals surface area contributed by atoms with Crippen LogP contribution in [0.25, 0.3) is 10.2 Å². The van der Waals surface area contributed by atoms with Gasteiger partial charge < -0.3 is 15.4 Å². The first-order valence-electron chi connectivity index (χ1n) is 8.56. The number of amides is 2. The zero-order valence-electron chi connectivity index (χ0n) is 14.9. The van der Waals surface area contributed by atoms with Gasteiger partial charge in [-0.2, -0.15) is 0 Å². The number of anilines is 2. The molecule has 4 rings (SSSR count). The zero-order chi connectivity index (χ0) is 19.5. The van der Waals surface area contributed by atoms with Crippen LogP contribution >= 0.6 is 11.3 Å². The highest BCUT2D eigenvalue weighted by Gasteiger charge is 2.27. The summed E-state index contributed by atoms with van der Waals surface area (Å²) in [6.45, 7) is 0. The number of hydrogen-bond donors (Lipinski definition) is 3. The van der Waals surface area contributed by atoms with Gasteiger partial charge in [-0.3, -0.25) is 14.9 Å². The molecule has 1 aliphatic heterocycles. The van der Waals surface area contributed by atoms with E-state index in [0.717, 1.165) is 10.2 Å². The third-order valence-corrected chi connectivity index (χ3v) is 5.05. The number of carbonyl (C=O) groups excluding carboxylic acids is 2. The average Bonchev–Trinajstić information content (AvgIpc) is 3.10. The van der Waals surface area contributed by atoms with Gasteiger partial charge in [-0.25, -0.2) is 9.98 Å². The van der Waals surface area contributed by atoms with Crippen LogP contribution in [-0.4, -0.2) is 35.9 Å². The number of benzene rings is 2. The second-order valence-electron chi connectivity index (χ2n) is 6.08. The third-order valence-electron chi connectivity index (χ3n) is 4.10. The number of nitrogens with one attached hydrogen (secondary N) is 3. The molecule has 0 aliphatic carbocycles. The van der Waals surface area contributed by atoms with E-state index in [4.69, 9.17) is 4.74 Å². The van der Waals surface area contributed by atoms with E-state index in [2.05, 4.69) is 25.9 Å². The molecule has 9 heteroatoms. The number of rotatable bonds is 4. The van der Waals surface area contributed by atoms with Gasteiger partial charge in [0.1, 0.15) is 11.8 Å². The highest BCUT2D eigenvalue weighted by Crippen LogP contribution is 2.25. The van der Waals surface area contributed by atoms with Crippen LogP contribution < -0.4 is 20.7 Å². The first-order valence-corrected chi connectivity index (χ1v) is 9.37. The van der Waals surface area contributed by atoms with Crippen molar-refractivity contribution in [1.29, 1.82) is 0 Å². The first kappa shape index (κ1) is 17.9. The Bertz CT molecular complexity index is 1030. The van der Waals surface area contributed by atoms with E-state index in [1.165, 1.54) is 11.3 Å². The van der Waals surface area contributed by atoms with Crippen LogP contribution in [0.1, 0.15) is 6.42 Å². The molecule has 28 heavy (non-hydrogen) atoms. The largest absolute Gasteiger partial charge is 0.497 e. The van der Waals surface area contributed by atoms with Crippen LogP contribution in [0.4, 0.5) is 10.8 Å². The molecule has 0 fully saturated rings. The maximum absolute atomic E-state index is 12.5. The lowest BCUT2D eigenvalue weighted by molar-refractivity contribution is -0.124. The number of carbonyl (C=O) groups is 2.